The Morgan fingerprint density at radius 2 is 2.29 bits per heavy atom. The van der Waals surface area contributed by atoms with Gasteiger partial charge in [0.1, 0.15) is 10.4 Å². The van der Waals surface area contributed by atoms with Crippen molar-refractivity contribution in [2.75, 3.05) is 39.2 Å². The van der Waals surface area contributed by atoms with E-state index >= 15 is 0 Å². The summed E-state index contributed by atoms with van der Waals surface area (Å²) < 4.78 is 6.54. The molecule has 1 aromatic rings. The van der Waals surface area contributed by atoms with Gasteiger partial charge in [-0.15, -0.1) is 0 Å². The highest BCUT2D eigenvalue weighted by Gasteiger charge is 2.61. The van der Waals surface area contributed by atoms with E-state index in [9.17, 15) is 4.79 Å². The standard InChI is InChI=1S/C17H25BrN4O2/c1-11-4-5-14(18)20-15(11)21-16(23)12-8-17(9-13(17)19-12)10-24-7-6-22(2)3/h4-5,12-13,19H,6-10H2,1-3H3,(H,20,21,23)/t12-,13+,17-/m0/s1. The molecule has 0 bridgehead atoms. The van der Waals surface area contributed by atoms with Gasteiger partial charge < -0.3 is 20.3 Å². The fraction of sp³-hybridized carbons (Fsp3) is 0.647. The van der Waals surface area contributed by atoms with Gasteiger partial charge >= 0.3 is 0 Å². The largest absolute Gasteiger partial charge is 0.379 e. The number of halogens is 1. The van der Waals surface area contributed by atoms with Gasteiger partial charge in [-0.2, -0.15) is 0 Å². The van der Waals surface area contributed by atoms with Crippen molar-refractivity contribution in [2.24, 2.45) is 5.41 Å². The van der Waals surface area contributed by atoms with Crippen molar-refractivity contribution < 1.29 is 9.53 Å². The summed E-state index contributed by atoms with van der Waals surface area (Å²) in [6.45, 7) is 4.33. The van der Waals surface area contributed by atoms with Gasteiger partial charge in [-0.1, -0.05) is 6.07 Å². The molecule has 0 aromatic carbocycles. The fourth-order valence-corrected chi connectivity index (χ4v) is 3.57. The number of likely N-dealkylation sites (N-methyl/N-ethyl adjacent to an activating group) is 1. The fourth-order valence-electron chi connectivity index (χ4n) is 3.26. The number of aromatic nitrogens is 1. The van der Waals surface area contributed by atoms with Gasteiger partial charge in [-0.05, 0) is 61.4 Å². The van der Waals surface area contributed by atoms with Crippen molar-refractivity contribution in [2.45, 2.75) is 31.8 Å². The number of nitrogens with zero attached hydrogens (tertiary/aromatic N) is 2. The minimum Gasteiger partial charge on any atom is -0.379 e. The zero-order chi connectivity index (χ0) is 17.3. The van der Waals surface area contributed by atoms with Crippen LogP contribution in [-0.4, -0.2) is 61.7 Å². The molecule has 1 saturated heterocycles. The molecule has 2 heterocycles. The molecule has 1 aliphatic heterocycles. The Morgan fingerprint density at radius 1 is 1.50 bits per heavy atom. The number of hydrogen-bond acceptors (Lipinski definition) is 5. The lowest BCUT2D eigenvalue weighted by Crippen LogP contribution is -2.38. The summed E-state index contributed by atoms with van der Waals surface area (Å²) in [5.41, 5.74) is 1.10. The van der Waals surface area contributed by atoms with Gasteiger partial charge in [-0.3, -0.25) is 4.79 Å². The summed E-state index contributed by atoms with van der Waals surface area (Å²) in [4.78, 5) is 19.0. The average Bonchev–Trinajstić information content (AvgIpc) is 3.08. The van der Waals surface area contributed by atoms with Crippen molar-refractivity contribution in [3.63, 3.8) is 0 Å². The molecule has 6 nitrogen and oxygen atoms in total. The van der Waals surface area contributed by atoms with Gasteiger partial charge in [0, 0.05) is 18.0 Å². The van der Waals surface area contributed by atoms with Crippen LogP contribution in [0.15, 0.2) is 16.7 Å². The van der Waals surface area contributed by atoms with E-state index in [0.29, 0.717) is 11.9 Å². The van der Waals surface area contributed by atoms with E-state index in [4.69, 9.17) is 4.74 Å². The number of amides is 1. The van der Waals surface area contributed by atoms with Crippen molar-refractivity contribution in [1.29, 1.82) is 0 Å². The zero-order valence-corrected chi connectivity index (χ0v) is 16.0. The highest BCUT2D eigenvalue weighted by molar-refractivity contribution is 9.10. The minimum absolute atomic E-state index is 0.0106. The molecule has 3 atom stereocenters. The van der Waals surface area contributed by atoms with Crippen LogP contribution in [0.5, 0.6) is 0 Å². The second-order valence-electron chi connectivity index (χ2n) is 7.19. The van der Waals surface area contributed by atoms with Crippen LogP contribution in [0.25, 0.3) is 0 Å². The molecule has 0 spiro atoms. The van der Waals surface area contributed by atoms with Crippen LogP contribution in [0.1, 0.15) is 18.4 Å². The summed E-state index contributed by atoms with van der Waals surface area (Å²) in [6.07, 6.45) is 1.94. The van der Waals surface area contributed by atoms with Crippen LogP contribution in [0, 0.1) is 12.3 Å². The smallest absolute Gasteiger partial charge is 0.242 e. The number of rotatable bonds is 7. The number of fused-ring (bicyclic) bond motifs is 1. The van der Waals surface area contributed by atoms with Crippen molar-refractivity contribution in [3.8, 4) is 0 Å². The Hall–Kier alpha value is -1.02. The lowest BCUT2D eigenvalue weighted by atomic mass is 10.0. The van der Waals surface area contributed by atoms with E-state index in [1.165, 1.54) is 0 Å². The topological polar surface area (TPSA) is 66.5 Å². The molecule has 0 unspecified atom stereocenters. The Kier molecular flexibility index (Phi) is 5.24. The van der Waals surface area contributed by atoms with E-state index in [-0.39, 0.29) is 17.4 Å². The second-order valence-corrected chi connectivity index (χ2v) is 8.00. The molecule has 3 rings (SSSR count). The zero-order valence-electron chi connectivity index (χ0n) is 14.4. The first-order valence-corrected chi connectivity index (χ1v) is 9.11. The van der Waals surface area contributed by atoms with Gasteiger partial charge in [0.15, 0.2) is 0 Å². The third-order valence-corrected chi connectivity index (χ3v) is 5.34. The van der Waals surface area contributed by atoms with Crippen molar-refractivity contribution in [1.82, 2.24) is 15.2 Å². The number of anilines is 1. The van der Waals surface area contributed by atoms with Crippen LogP contribution in [0.3, 0.4) is 0 Å². The van der Waals surface area contributed by atoms with E-state index in [2.05, 4.69) is 36.4 Å². The predicted octanol–water partition coefficient (Wildman–Crippen LogP) is 1.79. The first-order valence-electron chi connectivity index (χ1n) is 8.32. The number of carbonyl (C=O) groups is 1. The number of aryl methyl sites for hydroxylation is 1. The minimum atomic E-state index is -0.165. The third-order valence-electron chi connectivity index (χ3n) is 4.90. The molecule has 7 heteroatoms. The highest BCUT2D eigenvalue weighted by atomic mass is 79.9. The van der Waals surface area contributed by atoms with Crippen LogP contribution in [-0.2, 0) is 9.53 Å². The highest BCUT2D eigenvalue weighted by Crippen LogP contribution is 2.54. The maximum Gasteiger partial charge on any atom is 0.242 e. The van der Waals surface area contributed by atoms with Gasteiger partial charge in [0.2, 0.25) is 5.91 Å². The molecular weight excluding hydrogens is 372 g/mol. The Labute approximate surface area is 151 Å². The number of nitrogens with one attached hydrogen (secondary N) is 2. The van der Waals surface area contributed by atoms with Crippen LogP contribution in [0.4, 0.5) is 5.82 Å². The number of piperidine rings is 1. The number of pyridine rings is 1. The molecule has 1 aliphatic carbocycles. The lowest BCUT2D eigenvalue weighted by molar-refractivity contribution is -0.118. The SMILES string of the molecule is Cc1ccc(Br)nc1NC(=O)[C@@H]1C[C@@]2(COCCN(C)C)C[C@H]2N1. The maximum absolute atomic E-state index is 12.5. The first-order chi connectivity index (χ1) is 11.4. The maximum atomic E-state index is 12.5. The molecule has 0 radical (unpaired) electrons. The summed E-state index contributed by atoms with van der Waals surface area (Å²) in [5.74, 6) is 0.608. The number of carbonyl (C=O) groups excluding carboxylic acids is 1. The molecule has 2 fully saturated rings. The van der Waals surface area contributed by atoms with Gasteiger partial charge in [-0.25, -0.2) is 4.98 Å². The first kappa shape index (κ1) is 17.8. The van der Waals surface area contributed by atoms with Crippen LogP contribution in [0.2, 0.25) is 0 Å². The number of hydrogen-bond donors (Lipinski definition) is 2. The van der Waals surface area contributed by atoms with Gasteiger partial charge in [0.25, 0.3) is 0 Å². The molecule has 1 saturated carbocycles. The summed E-state index contributed by atoms with van der Waals surface area (Å²) in [7, 11) is 4.08. The van der Waals surface area contributed by atoms with E-state index in [1.807, 2.05) is 33.2 Å². The van der Waals surface area contributed by atoms with E-state index < -0.39 is 0 Å². The Morgan fingerprint density at radius 3 is 3.04 bits per heavy atom. The Balaban J connectivity index is 1.51. The molecule has 1 amide bonds. The quantitative estimate of drug-likeness (QED) is 0.543. The molecule has 132 valence electrons. The molecular formula is C17H25BrN4O2. The third kappa shape index (κ3) is 3.96. The lowest BCUT2D eigenvalue weighted by Gasteiger charge is -2.17. The van der Waals surface area contributed by atoms with E-state index in [1.54, 1.807) is 0 Å². The molecule has 24 heavy (non-hydrogen) atoms. The summed E-state index contributed by atoms with van der Waals surface area (Å²) in [5, 5.41) is 6.37. The summed E-state index contributed by atoms with van der Waals surface area (Å²) in [6, 6.07) is 4.05. The predicted molar refractivity (Wildman–Crippen MR) is 97.1 cm³/mol. The number of ether oxygens (including phenoxy) is 1. The van der Waals surface area contributed by atoms with E-state index in [0.717, 1.165) is 42.8 Å². The summed E-state index contributed by atoms with van der Waals surface area (Å²) >= 11 is 3.34. The van der Waals surface area contributed by atoms with Crippen LogP contribution < -0.4 is 10.6 Å². The van der Waals surface area contributed by atoms with Crippen molar-refractivity contribution in [3.05, 3.63) is 22.3 Å². The average molecular weight is 397 g/mol. The van der Waals surface area contributed by atoms with Crippen molar-refractivity contribution >= 4 is 27.7 Å². The monoisotopic (exact) mass is 396 g/mol. The normalized spacial score (nSPS) is 28.0. The second kappa shape index (κ2) is 7.07. The van der Waals surface area contributed by atoms with Crippen LogP contribution >= 0.6 is 15.9 Å². The molecule has 2 N–H and O–H groups in total. The molecule has 2 aliphatic rings. The van der Waals surface area contributed by atoms with Gasteiger partial charge in [0.05, 0.1) is 19.3 Å². The molecule has 1 aromatic heterocycles. The Bertz CT molecular complexity index is 625.